The molecule has 1 fully saturated rings. The molecule has 1 aromatic carbocycles. The maximum Gasteiger partial charge on any atom is 0.249 e. The molecule has 0 spiro atoms. The Kier molecular flexibility index (Phi) is 6.58. The van der Waals surface area contributed by atoms with E-state index in [1.54, 1.807) is 36.0 Å². The summed E-state index contributed by atoms with van der Waals surface area (Å²) in [4.78, 5) is 17.0. The van der Waals surface area contributed by atoms with E-state index in [0.717, 1.165) is 25.9 Å². The van der Waals surface area contributed by atoms with Crippen LogP contribution in [-0.4, -0.2) is 40.9 Å². The highest BCUT2D eigenvalue weighted by Crippen LogP contribution is 2.22. The minimum atomic E-state index is -0.646. The van der Waals surface area contributed by atoms with E-state index < -0.39 is 12.1 Å². The van der Waals surface area contributed by atoms with Crippen molar-refractivity contribution in [1.29, 1.82) is 0 Å². The molecule has 1 aromatic heterocycles. The maximum absolute atomic E-state index is 13.7. The van der Waals surface area contributed by atoms with E-state index in [-0.39, 0.29) is 17.8 Å². The summed E-state index contributed by atoms with van der Waals surface area (Å²) in [6, 6.07) is 5.60. The fraction of sp³-hybridized carbons (Fsp3) is 0.500. The van der Waals surface area contributed by atoms with Crippen LogP contribution in [0.2, 0.25) is 0 Å². The Bertz CT molecular complexity index is 758. The molecule has 1 aliphatic rings. The minimum Gasteiger partial charge on any atom is -0.376 e. The molecule has 0 radical (unpaired) electrons. The number of aromatic nitrogens is 2. The first-order valence-corrected chi connectivity index (χ1v) is 9.31. The van der Waals surface area contributed by atoms with Crippen molar-refractivity contribution in [2.75, 3.05) is 13.2 Å². The number of carbonyl (C=O) groups excluding carboxylic acids is 1. The highest BCUT2D eigenvalue weighted by Gasteiger charge is 2.25. The topological polar surface area (TPSA) is 65.4 Å². The van der Waals surface area contributed by atoms with Gasteiger partial charge in [-0.05, 0) is 43.9 Å². The molecule has 0 saturated carbocycles. The van der Waals surface area contributed by atoms with Gasteiger partial charge >= 0.3 is 0 Å². The van der Waals surface area contributed by atoms with E-state index in [1.807, 2.05) is 7.05 Å². The van der Waals surface area contributed by atoms with E-state index in [0.29, 0.717) is 18.0 Å². The molecule has 3 rings (SSSR count). The number of nitrogens with zero attached hydrogens (tertiary/aromatic N) is 2. The predicted molar refractivity (Wildman–Crippen MR) is 98.6 cm³/mol. The Balaban J connectivity index is 1.67. The molecule has 3 unspecified atom stereocenters. The predicted octanol–water partition coefficient (Wildman–Crippen LogP) is 2.74. The number of imidazole rings is 1. The van der Waals surface area contributed by atoms with Gasteiger partial charge in [0.25, 0.3) is 0 Å². The molecule has 27 heavy (non-hydrogen) atoms. The summed E-state index contributed by atoms with van der Waals surface area (Å²) in [5.41, 5.74) is 0.625. The van der Waals surface area contributed by atoms with Crippen molar-refractivity contribution in [1.82, 2.24) is 14.9 Å². The number of hydrogen-bond donors (Lipinski definition) is 1. The van der Waals surface area contributed by atoms with Crippen LogP contribution in [0.15, 0.2) is 36.7 Å². The second kappa shape index (κ2) is 9.10. The summed E-state index contributed by atoms with van der Waals surface area (Å²) in [6.45, 7) is 2.84. The highest BCUT2D eigenvalue weighted by atomic mass is 19.1. The van der Waals surface area contributed by atoms with Crippen molar-refractivity contribution in [2.45, 2.75) is 44.4 Å². The number of hydrogen-bond acceptors (Lipinski definition) is 4. The molecule has 146 valence electrons. The van der Waals surface area contributed by atoms with Gasteiger partial charge in [0.05, 0.1) is 12.7 Å². The summed E-state index contributed by atoms with van der Waals surface area (Å²) in [7, 11) is 1.83. The minimum absolute atomic E-state index is 0.0440. The van der Waals surface area contributed by atoms with Crippen LogP contribution in [0.4, 0.5) is 4.39 Å². The molecule has 6 nitrogen and oxygen atoms in total. The summed E-state index contributed by atoms with van der Waals surface area (Å²) in [6.07, 6.45) is 5.98. The summed E-state index contributed by atoms with van der Waals surface area (Å²) in [5.74, 6) is -0.0143. The SMILES string of the molecule is CC(OCC1CCCCO1)C(=O)NC(c1cccc(F)c1)c1nccn1C. The molecule has 2 aromatic rings. The number of benzene rings is 1. The zero-order valence-corrected chi connectivity index (χ0v) is 15.7. The number of amides is 1. The molecule has 1 N–H and O–H groups in total. The van der Waals surface area contributed by atoms with Gasteiger partial charge in [0, 0.05) is 26.0 Å². The summed E-state index contributed by atoms with van der Waals surface area (Å²) < 4.78 is 26.9. The largest absolute Gasteiger partial charge is 0.376 e. The normalized spacial score (nSPS) is 19.4. The van der Waals surface area contributed by atoms with Crippen LogP contribution < -0.4 is 5.32 Å². The van der Waals surface area contributed by atoms with Crippen molar-refractivity contribution >= 4 is 5.91 Å². The van der Waals surface area contributed by atoms with Crippen LogP contribution in [0.5, 0.6) is 0 Å². The van der Waals surface area contributed by atoms with Crippen molar-refractivity contribution < 1.29 is 18.7 Å². The average molecular weight is 375 g/mol. The van der Waals surface area contributed by atoms with E-state index in [4.69, 9.17) is 9.47 Å². The number of nitrogens with one attached hydrogen (secondary N) is 1. The van der Waals surface area contributed by atoms with Gasteiger partial charge in [-0.1, -0.05) is 12.1 Å². The van der Waals surface area contributed by atoms with E-state index in [9.17, 15) is 9.18 Å². The monoisotopic (exact) mass is 375 g/mol. The zero-order chi connectivity index (χ0) is 19.2. The Morgan fingerprint density at radius 3 is 3.00 bits per heavy atom. The summed E-state index contributed by atoms with van der Waals surface area (Å²) in [5, 5.41) is 2.94. The van der Waals surface area contributed by atoms with Gasteiger partial charge in [0.2, 0.25) is 5.91 Å². The van der Waals surface area contributed by atoms with Crippen LogP contribution in [0, 0.1) is 5.82 Å². The lowest BCUT2D eigenvalue weighted by atomic mass is 10.1. The first kappa shape index (κ1) is 19.5. The van der Waals surface area contributed by atoms with Crippen LogP contribution in [-0.2, 0) is 21.3 Å². The zero-order valence-electron chi connectivity index (χ0n) is 15.7. The Morgan fingerprint density at radius 1 is 1.48 bits per heavy atom. The molecular weight excluding hydrogens is 349 g/mol. The number of rotatable bonds is 7. The third-order valence-electron chi connectivity index (χ3n) is 4.76. The van der Waals surface area contributed by atoms with Gasteiger partial charge in [-0.25, -0.2) is 9.37 Å². The van der Waals surface area contributed by atoms with E-state index in [1.165, 1.54) is 12.1 Å². The standard InChI is InChI=1S/C20H26FN3O3/c1-14(27-13-17-8-3-4-11-26-17)20(25)23-18(19-22-9-10-24(19)2)15-6-5-7-16(21)12-15/h5-7,9-10,12,14,17-18H,3-4,8,11,13H2,1-2H3,(H,23,25). The molecule has 1 aliphatic heterocycles. The first-order valence-electron chi connectivity index (χ1n) is 9.31. The molecule has 3 atom stereocenters. The fourth-order valence-electron chi connectivity index (χ4n) is 3.16. The molecule has 1 amide bonds. The molecule has 0 bridgehead atoms. The molecule has 7 heteroatoms. The maximum atomic E-state index is 13.7. The molecule has 0 aliphatic carbocycles. The number of halogens is 1. The van der Waals surface area contributed by atoms with Gasteiger partial charge in [0.1, 0.15) is 23.8 Å². The molecule has 1 saturated heterocycles. The smallest absolute Gasteiger partial charge is 0.249 e. The third-order valence-corrected chi connectivity index (χ3v) is 4.76. The Morgan fingerprint density at radius 2 is 2.33 bits per heavy atom. The van der Waals surface area contributed by atoms with Gasteiger partial charge in [0.15, 0.2) is 0 Å². The number of aryl methyl sites for hydroxylation is 1. The van der Waals surface area contributed by atoms with E-state index >= 15 is 0 Å². The lowest BCUT2D eigenvalue weighted by Gasteiger charge is -2.25. The first-order chi connectivity index (χ1) is 13.0. The van der Waals surface area contributed by atoms with Crippen LogP contribution >= 0.6 is 0 Å². The molecule has 2 heterocycles. The summed E-state index contributed by atoms with van der Waals surface area (Å²) >= 11 is 0. The second-order valence-corrected chi connectivity index (χ2v) is 6.86. The molecular formula is C20H26FN3O3. The van der Waals surface area contributed by atoms with Crippen LogP contribution in [0.1, 0.15) is 43.6 Å². The van der Waals surface area contributed by atoms with E-state index in [2.05, 4.69) is 10.3 Å². The number of ether oxygens (including phenoxy) is 2. The van der Waals surface area contributed by atoms with Crippen LogP contribution in [0.3, 0.4) is 0 Å². The Hall–Kier alpha value is -2.25. The lowest BCUT2D eigenvalue weighted by molar-refractivity contribution is -0.136. The van der Waals surface area contributed by atoms with Crippen molar-refractivity contribution in [3.05, 3.63) is 53.9 Å². The number of carbonyl (C=O) groups is 1. The highest BCUT2D eigenvalue weighted by molar-refractivity contribution is 5.81. The van der Waals surface area contributed by atoms with Gasteiger partial charge in [-0.15, -0.1) is 0 Å². The van der Waals surface area contributed by atoms with Crippen molar-refractivity contribution in [3.8, 4) is 0 Å². The van der Waals surface area contributed by atoms with Gasteiger partial charge < -0.3 is 19.4 Å². The van der Waals surface area contributed by atoms with Crippen LogP contribution in [0.25, 0.3) is 0 Å². The Labute approximate surface area is 158 Å². The quantitative estimate of drug-likeness (QED) is 0.808. The third kappa shape index (κ3) is 5.14. The fourth-order valence-corrected chi connectivity index (χ4v) is 3.16. The lowest BCUT2D eigenvalue weighted by Crippen LogP contribution is -2.40. The second-order valence-electron chi connectivity index (χ2n) is 6.86. The van der Waals surface area contributed by atoms with Crippen molar-refractivity contribution in [2.24, 2.45) is 7.05 Å². The van der Waals surface area contributed by atoms with Gasteiger partial charge in [-0.2, -0.15) is 0 Å². The average Bonchev–Trinajstić information content (AvgIpc) is 3.10. The van der Waals surface area contributed by atoms with Gasteiger partial charge in [-0.3, -0.25) is 4.79 Å². The van der Waals surface area contributed by atoms with Crippen molar-refractivity contribution in [3.63, 3.8) is 0 Å².